The molecule has 7 nitrogen and oxygen atoms in total. The third-order valence-corrected chi connectivity index (χ3v) is 3.94. The van der Waals surface area contributed by atoms with Crippen LogP contribution in [-0.4, -0.2) is 29.1 Å². The summed E-state index contributed by atoms with van der Waals surface area (Å²) >= 11 is 0. The number of ether oxygens (including phenoxy) is 2. The minimum absolute atomic E-state index is 0.261. The molecule has 0 radical (unpaired) electrons. The zero-order valence-corrected chi connectivity index (χ0v) is 16.7. The molecule has 1 heterocycles. The second kappa shape index (κ2) is 9.54. The minimum Gasteiger partial charge on any atom is -0.494 e. The summed E-state index contributed by atoms with van der Waals surface area (Å²) in [5.74, 6) is 1.41. The number of hydrogen-bond donors (Lipinski definition) is 2. The number of nitrogens with zero attached hydrogens (tertiary/aromatic N) is 2. The molecule has 0 aliphatic carbocycles. The molecule has 0 unspecified atom stereocenters. The van der Waals surface area contributed by atoms with Gasteiger partial charge in [0, 0.05) is 11.4 Å². The molecule has 0 atom stereocenters. The summed E-state index contributed by atoms with van der Waals surface area (Å²) in [4.78, 5) is 21.5. The number of aryl methyl sites for hydroxylation is 1. The van der Waals surface area contributed by atoms with Crippen molar-refractivity contribution in [3.05, 3.63) is 66.0 Å². The Balaban J connectivity index is 1.77. The third-order valence-electron chi connectivity index (χ3n) is 3.94. The number of nitrogens with one attached hydrogen (secondary N) is 2. The Hall–Kier alpha value is -3.61. The van der Waals surface area contributed by atoms with E-state index >= 15 is 0 Å². The Morgan fingerprint density at radius 2 is 1.69 bits per heavy atom. The van der Waals surface area contributed by atoms with Crippen LogP contribution >= 0.6 is 0 Å². The molecule has 3 rings (SSSR count). The van der Waals surface area contributed by atoms with Gasteiger partial charge in [-0.1, -0.05) is 12.1 Å². The van der Waals surface area contributed by atoms with E-state index in [-0.39, 0.29) is 11.6 Å². The summed E-state index contributed by atoms with van der Waals surface area (Å²) < 4.78 is 11.0. The molecule has 0 saturated heterocycles. The average Bonchev–Trinajstić information content (AvgIpc) is 2.71. The van der Waals surface area contributed by atoms with Crippen molar-refractivity contribution in [2.24, 2.45) is 0 Å². The lowest BCUT2D eigenvalue weighted by Crippen LogP contribution is -2.16. The highest BCUT2D eigenvalue weighted by Gasteiger charge is 2.13. The zero-order chi connectivity index (χ0) is 20.6. The van der Waals surface area contributed by atoms with Crippen molar-refractivity contribution in [1.82, 2.24) is 9.97 Å². The summed E-state index contributed by atoms with van der Waals surface area (Å²) in [6.07, 6.45) is 0. The molecule has 150 valence electrons. The van der Waals surface area contributed by atoms with Crippen LogP contribution in [0.1, 0.15) is 30.0 Å². The van der Waals surface area contributed by atoms with E-state index in [9.17, 15) is 4.79 Å². The summed E-state index contributed by atoms with van der Waals surface area (Å²) in [5.41, 5.74) is 2.33. The molecule has 0 aliphatic heterocycles. The van der Waals surface area contributed by atoms with Crippen LogP contribution in [0.25, 0.3) is 0 Å². The Labute approximate surface area is 170 Å². The van der Waals surface area contributed by atoms with Gasteiger partial charge in [-0.2, -0.15) is 0 Å². The zero-order valence-electron chi connectivity index (χ0n) is 16.7. The summed E-state index contributed by atoms with van der Waals surface area (Å²) in [5, 5.41) is 5.98. The predicted molar refractivity (Wildman–Crippen MR) is 113 cm³/mol. The van der Waals surface area contributed by atoms with Crippen LogP contribution < -0.4 is 20.1 Å². The van der Waals surface area contributed by atoms with E-state index in [1.165, 1.54) is 0 Å². The first-order chi connectivity index (χ1) is 14.1. The van der Waals surface area contributed by atoms with Crippen LogP contribution in [0.3, 0.4) is 0 Å². The lowest BCUT2D eigenvalue weighted by Gasteiger charge is -2.12. The molecule has 0 aliphatic rings. The molecular formula is C22H24N4O3. The van der Waals surface area contributed by atoms with Crippen molar-refractivity contribution in [2.45, 2.75) is 20.8 Å². The fraction of sp³-hybridized carbons (Fsp3) is 0.227. The highest BCUT2D eigenvalue weighted by Crippen LogP contribution is 2.24. The van der Waals surface area contributed by atoms with Crippen LogP contribution in [0.15, 0.2) is 54.6 Å². The number of rotatable bonds is 8. The first-order valence-corrected chi connectivity index (χ1v) is 9.47. The lowest BCUT2D eigenvalue weighted by molar-refractivity contribution is 0.102. The molecular weight excluding hydrogens is 368 g/mol. The van der Waals surface area contributed by atoms with Gasteiger partial charge in [0.1, 0.15) is 17.2 Å². The molecule has 1 aromatic heterocycles. The van der Waals surface area contributed by atoms with E-state index in [1.807, 2.05) is 63.2 Å². The molecule has 7 heteroatoms. The van der Waals surface area contributed by atoms with Crippen LogP contribution in [0.4, 0.5) is 17.3 Å². The number of aromatic nitrogens is 2. The van der Waals surface area contributed by atoms with Crippen molar-refractivity contribution < 1.29 is 14.3 Å². The Bertz CT molecular complexity index is 974. The average molecular weight is 392 g/mol. The number of para-hydroxylation sites is 2. The largest absolute Gasteiger partial charge is 0.494 e. The van der Waals surface area contributed by atoms with Gasteiger partial charge in [0.05, 0.1) is 18.9 Å². The molecule has 0 spiro atoms. The van der Waals surface area contributed by atoms with Crippen molar-refractivity contribution in [1.29, 1.82) is 0 Å². The number of benzene rings is 2. The summed E-state index contributed by atoms with van der Waals surface area (Å²) in [7, 11) is 0. The Morgan fingerprint density at radius 1 is 0.966 bits per heavy atom. The minimum atomic E-state index is -0.336. The van der Waals surface area contributed by atoms with Gasteiger partial charge < -0.3 is 20.1 Å². The van der Waals surface area contributed by atoms with Gasteiger partial charge in [-0.3, -0.25) is 4.79 Å². The quantitative estimate of drug-likeness (QED) is 0.584. The normalized spacial score (nSPS) is 10.3. The summed E-state index contributed by atoms with van der Waals surface area (Å²) in [6, 6.07) is 16.4. The second-order valence-corrected chi connectivity index (χ2v) is 6.18. The van der Waals surface area contributed by atoms with Crippen LogP contribution in [0, 0.1) is 6.92 Å². The highest BCUT2D eigenvalue weighted by atomic mass is 16.5. The van der Waals surface area contributed by atoms with Crippen molar-refractivity contribution in [3.63, 3.8) is 0 Å². The van der Waals surface area contributed by atoms with E-state index < -0.39 is 0 Å². The van der Waals surface area contributed by atoms with Gasteiger partial charge in [-0.15, -0.1) is 0 Å². The number of anilines is 3. The van der Waals surface area contributed by atoms with Crippen LogP contribution in [0.5, 0.6) is 11.5 Å². The van der Waals surface area contributed by atoms with E-state index in [1.54, 1.807) is 12.1 Å². The van der Waals surface area contributed by atoms with E-state index in [4.69, 9.17) is 9.47 Å². The smallest absolute Gasteiger partial charge is 0.274 e. The van der Waals surface area contributed by atoms with Crippen molar-refractivity contribution in [3.8, 4) is 11.5 Å². The van der Waals surface area contributed by atoms with Crippen LogP contribution in [-0.2, 0) is 0 Å². The Kier molecular flexibility index (Phi) is 6.63. The molecule has 1 amide bonds. The molecule has 0 bridgehead atoms. The highest BCUT2D eigenvalue weighted by molar-refractivity contribution is 6.03. The van der Waals surface area contributed by atoms with Gasteiger partial charge >= 0.3 is 0 Å². The SMILES string of the molecule is CCOc1ccc(Nc2nc(C)cc(C(=O)Nc3ccccc3OCC)n2)cc1. The van der Waals surface area contributed by atoms with E-state index in [2.05, 4.69) is 20.6 Å². The van der Waals surface area contributed by atoms with E-state index in [0.717, 1.165) is 11.4 Å². The Morgan fingerprint density at radius 3 is 2.41 bits per heavy atom. The van der Waals surface area contributed by atoms with E-state index in [0.29, 0.717) is 36.3 Å². The maximum Gasteiger partial charge on any atom is 0.274 e. The number of carbonyl (C=O) groups excluding carboxylic acids is 1. The standard InChI is InChI=1S/C22H24N4O3/c1-4-28-17-12-10-16(11-13-17)24-22-23-15(3)14-19(26-22)21(27)25-18-8-6-7-9-20(18)29-5-2/h6-14H,4-5H2,1-3H3,(H,25,27)(H,23,24,26). The molecule has 0 fully saturated rings. The summed E-state index contributed by atoms with van der Waals surface area (Å²) in [6.45, 7) is 6.77. The number of carbonyl (C=O) groups is 1. The van der Waals surface area contributed by atoms with Gasteiger partial charge in [-0.25, -0.2) is 9.97 Å². The van der Waals surface area contributed by atoms with Crippen molar-refractivity contribution >= 4 is 23.2 Å². The fourth-order valence-corrected chi connectivity index (χ4v) is 2.71. The fourth-order valence-electron chi connectivity index (χ4n) is 2.71. The molecule has 2 N–H and O–H groups in total. The van der Waals surface area contributed by atoms with Gasteiger partial charge in [-0.05, 0) is 63.2 Å². The maximum atomic E-state index is 12.7. The number of amides is 1. The van der Waals surface area contributed by atoms with Crippen LogP contribution in [0.2, 0.25) is 0 Å². The lowest BCUT2D eigenvalue weighted by atomic mass is 10.2. The molecule has 29 heavy (non-hydrogen) atoms. The monoisotopic (exact) mass is 392 g/mol. The first kappa shape index (κ1) is 20.1. The molecule has 3 aromatic rings. The molecule has 2 aromatic carbocycles. The second-order valence-electron chi connectivity index (χ2n) is 6.18. The maximum absolute atomic E-state index is 12.7. The van der Waals surface area contributed by atoms with Crippen molar-refractivity contribution in [2.75, 3.05) is 23.8 Å². The van der Waals surface area contributed by atoms with Gasteiger partial charge in [0.25, 0.3) is 5.91 Å². The number of hydrogen-bond acceptors (Lipinski definition) is 6. The van der Waals surface area contributed by atoms with Gasteiger partial charge in [0.2, 0.25) is 5.95 Å². The predicted octanol–water partition coefficient (Wildman–Crippen LogP) is 4.58. The topological polar surface area (TPSA) is 85.4 Å². The van der Waals surface area contributed by atoms with Gasteiger partial charge in [0.15, 0.2) is 0 Å². The third kappa shape index (κ3) is 5.44. The first-order valence-electron chi connectivity index (χ1n) is 9.47. The molecule has 0 saturated carbocycles.